The van der Waals surface area contributed by atoms with Gasteiger partial charge in [-0.1, -0.05) is 33.8 Å². The molecule has 1 aromatic carbocycles. The Morgan fingerprint density at radius 1 is 1.18 bits per heavy atom. The summed E-state index contributed by atoms with van der Waals surface area (Å²) in [4.78, 5) is 19.0. The maximum atomic E-state index is 13.8. The zero-order valence-corrected chi connectivity index (χ0v) is 20.6. The van der Waals surface area contributed by atoms with E-state index in [9.17, 15) is 31.1 Å². The molecule has 4 rings (SSSR count). The molecule has 34 heavy (non-hydrogen) atoms. The van der Waals surface area contributed by atoms with E-state index in [-0.39, 0.29) is 17.9 Å². The van der Waals surface area contributed by atoms with E-state index in [1.54, 1.807) is 13.2 Å². The van der Waals surface area contributed by atoms with Gasteiger partial charge < -0.3 is 9.64 Å². The van der Waals surface area contributed by atoms with Crippen LogP contribution < -0.4 is 0 Å². The quantitative estimate of drug-likeness (QED) is 0.424. The average Bonchev–Trinajstić information content (AvgIpc) is 2.98. The van der Waals surface area contributed by atoms with Gasteiger partial charge in [0, 0.05) is 17.0 Å². The van der Waals surface area contributed by atoms with Gasteiger partial charge in [0.2, 0.25) is 0 Å². The summed E-state index contributed by atoms with van der Waals surface area (Å²) < 4.78 is 85.0. The number of ether oxygens (including phenoxy) is 1. The number of rotatable bonds is 3. The predicted molar refractivity (Wildman–Crippen MR) is 120 cm³/mol. The molecule has 1 heterocycles. The molecule has 0 aromatic heterocycles. The Kier molecular flexibility index (Phi) is 6.83. The monoisotopic (exact) mass is 572 g/mol. The molecule has 12 heteroatoms. The molecule has 4 nitrogen and oxygen atoms in total. The van der Waals surface area contributed by atoms with Crippen molar-refractivity contribution >= 4 is 38.6 Å². The van der Waals surface area contributed by atoms with Crippen LogP contribution in [0.2, 0.25) is 0 Å². The topological polar surface area (TPSA) is 41.9 Å². The van der Waals surface area contributed by atoms with Crippen LogP contribution in [-0.2, 0) is 21.5 Å². The molecule has 188 valence electrons. The van der Waals surface area contributed by atoms with Crippen molar-refractivity contribution in [1.82, 2.24) is 4.90 Å². The van der Waals surface area contributed by atoms with Crippen molar-refractivity contribution in [3.8, 4) is 0 Å². The summed E-state index contributed by atoms with van der Waals surface area (Å²) in [5.74, 6) is -1.91. The summed E-state index contributed by atoms with van der Waals surface area (Å²) in [5.41, 5.74) is -0.836. The van der Waals surface area contributed by atoms with Crippen molar-refractivity contribution < 1.29 is 35.9 Å². The number of halogens is 7. The number of carbonyl (C=O) groups is 1. The molecule has 1 atom stereocenters. The lowest BCUT2D eigenvalue weighted by atomic mass is 9.60. The molecule has 1 fully saturated rings. The number of carbonyl (C=O) groups excluding carboxylic acids is 1. The van der Waals surface area contributed by atoms with Crippen LogP contribution in [0.5, 0.6) is 0 Å². The second-order valence-corrected chi connectivity index (χ2v) is 11.0. The molecule has 0 radical (unpaired) electrons. The molecule has 1 unspecified atom stereocenters. The van der Waals surface area contributed by atoms with Crippen molar-refractivity contribution in [1.29, 1.82) is 0 Å². The van der Waals surface area contributed by atoms with Crippen molar-refractivity contribution in [2.75, 3.05) is 26.0 Å². The lowest BCUT2D eigenvalue weighted by molar-refractivity contribution is -0.146. The summed E-state index contributed by atoms with van der Waals surface area (Å²) in [6.45, 7) is -2.19. The maximum Gasteiger partial charge on any atom is 0.406 e. The highest BCUT2D eigenvalue weighted by Crippen LogP contribution is 2.61. The third-order valence-corrected chi connectivity index (χ3v) is 8.56. The number of benzene rings is 1. The van der Waals surface area contributed by atoms with Gasteiger partial charge in [-0.2, -0.15) is 26.3 Å². The second-order valence-electron chi connectivity index (χ2n) is 9.10. The zero-order chi connectivity index (χ0) is 24.9. The fraction of sp³-hybridized carbons (Fsp3) is 0.636. The number of Topliss-reactive ketones (excluding diaryl/α,β-unsaturated/α-hetero) is 1. The Labute approximate surface area is 205 Å². The number of hydrogen-bond acceptors (Lipinski definition) is 5. The number of methoxy groups -OCH3 is 1. The summed E-state index contributed by atoms with van der Waals surface area (Å²) >= 11 is 3.61. The van der Waals surface area contributed by atoms with Crippen LogP contribution in [0.3, 0.4) is 0 Å². The van der Waals surface area contributed by atoms with E-state index in [0.717, 1.165) is 5.56 Å². The number of ketones is 1. The standard InChI is InChI=1S/C22H23BrF6N2O2S/c1-33-15-4-6-19(7-5-15)9-13-2-3-14(23)8-16(13)22(19)17(32)10-31(11-20(24,25)26)18(30-22)34-12-21(27,28)29/h2-3,8,15H,4-7,9-12H2,1H3. The van der Waals surface area contributed by atoms with Gasteiger partial charge in [-0.15, -0.1) is 0 Å². The molecule has 0 N–H and O–H groups in total. The van der Waals surface area contributed by atoms with E-state index in [1.165, 1.54) is 0 Å². The third kappa shape index (κ3) is 4.74. The Balaban J connectivity index is 1.86. The van der Waals surface area contributed by atoms with E-state index in [1.807, 2.05) is 12.1 Å². The number of amidine groups is 1. The van der Waals surface area contributed by atoms with E-state index >= 15 is 0 Å². The van der Waals surface area contributed by atoms with E-state index < -0.39 is 53.1 Å². The van der Waals surface area contributed by atoms with Crippen LogP contribution in [0, 0.1) is 5.41 Å². The lowest BCUT2D eigenvalue weighted by Crippen LogP contribution is -2.58. The van der Waals surface area contributed by atoms with Crippen LogP contribution in [0.25, 0.3) is 0 Å². The smallest absolute Gasteiger partial charge is 0.381 e. The molecule has 2 spiro atoms. The van der Waals surface area contributed by atoms with Crippen LogP contribution in [0.4, 0.5) is 26.3 Å². The minimum Gasteiger partial charge on any atom is -0.381 e. The predicted octanol–water partition coefficient (Wildman–Crippen LogP) is 5.87. The number of thioether (sulfide) groups is 1. The van der Waals surface area contributed by atoms with E-state index in [0.29, 0.717) is 47.0 Å². The maximum absolute atomic E-state index is 13.8. The number of hydrogen-bond donors (Lipinski definition) is 0. The fourth-order valence-electron chi connectivity index (χ4n) is 5.60. The van der Waals surface area contributed by atoms with E-state index in [4.69, 9.17) is 4.74 Å². The minimum atomic E-state index is -4.70. The summed E-state index contributed by atoms with van der Waals surface area (Å²) in [6, 6.07) is 5.41. The van der Waals surface area contributed by atoms with Crippen molar-refractivity contribution in [2.24, 2.45) is 10.4 Å². The molecule has 1 saturated carbocycles. The molecule has 2 aliphatic carbocycles. The first kappa shape index (κ1) is 25.8. The minimum absolute atomic E-state index is 0.0124. The van der Waals surface area contributed by atoms with E-state index in [2.05, 4.69) is 20.9 Å². The largest absolute Gasteiger partial charge is 0.406 e. The highest BCUT2D eigenvalue weighted by Gasteiger charge is 2.64. The van der Waals surface area contributed by atoms with Crippen molar-refractivity contribution in [2.45, 2.75) is 56.1 Å². The molecule has 3 aliphatic rings. The summed E-state index contributed by atoms with van der Waals surface area (Å²) in [7, 11) is 1.60. The van der Waals surface area contributed by atoms with Crippen molar-refractivity contribution in [3.05, 3.63) is 33.8 Å². The SMILES string of the molecule is COC1CCC2(CC1)Cc1ccc(Br)cc1C21N=C(SCC(F)(F)F)N(CC(F)(F)F)CC1=O. The first-order valence-electron chi connectivity index (χ1n) is 10.7. The van der Waals surface area contributed by atoms with Gasteiger partial charge in [0.25, 0.3) is 0 Å². The van der Waals surface area contributed by atoms with Crippen LogP contribution >= 0.6 is 27.7 Å². The Hall–Kier alpha value is -1.27. The fourth-order valence-corrected chi connectivity index (χ4v) is 6.77. The van der Waals surface area contributed by atoms with Gasteiger partial charge >= 0.3 is 12.4 Å². The number of aliphatic imine (C=N–C) groups is 1. The van der Waals surface area contributed by atoms with Gasteiger partial charge in [-0.05, 0) is 55.4 Å². The average molecular weight is 573 g/mol. The zero-order valence-electron chi connectivity index (χ0n) is 18.2. The molecular formula is C22H23BrF6N2O2S. The highest BCUT2D eigenvalue weighted by molar-refractivity contribution is 9.10. The number of alkyl halides is 6. The molecule has 0 bridgehead atoms. The first-order chi connectivity index (χ1) is 15.8. The second kappa shape index (κ2) is 8.99. The molecule has 1 aliphatic heterocycles. The Bertz CT molecular complexity index is 991. The van der Waals surface area contributed by atoms with Gasteiger partial charge in [0.15, 0.2) is 16.5 Å². The normalized spacial score (nSPS) is 29.6. The van der Waals surface area contributed by atoms with Gasteiger partial charge in [-0.3, -0.25) is 4.79 Å². The van der Waals surface area contributed by atoms with Crippen LogP contribution in [0.1, 0.15) is 36.8 Å². The van der Waals surface area contributed by atoms with Crippen molar-refractivity contribution in [3.63, 3.8) is 0 Å². The molecule has 0 saturated heterocycles. The third-order valence-electron chi connectivity index (χ3n) is 6.99. The molecule has 0 amide bonds. The number of nitrogens with zero attached hydrogens (tertiary/aromatic N) is 2. The lowest BCUT2D eigenvalue weighted by Gasteiger charge is -2.50. The Morgan fingerprint density at radius 3 is 2.44 bits per heavy atom. The Morgan fingerprint density at radius 2 is 1.85 bits per heavy atom. The molecular weight excluding hydrogens is 550 g/mol. The summed E-state index contributed by atoms with van der Waals surface area (Å²) in [6.07, 6.45) is -6.50. The van der Waals surface area contributed by atoms with Crippen LogP contribution in [0.15, 0.2) is 27.7 Å². The first-order valence-corrected chi connectivity index (χ1v) is 12.5. The van der Waals surface area contributed by atoms with Crippen LogP contribution in [-0.4, -0.2) is 60.3 Å². The van der Waals surface area contributed by atoms with Gasteiger partial charge in [0.1, 0.15) is 6.54 Å². The van der Waals surface area contributed by atoms with Gasteiger partial charge in [-0.25, -0.2) is 4.99 Å². The number of fused-ring (bicyclic) bond motifs is 3. The molecule has 1 aromatic rings. The highest BCUT2D eigenvalue weighted by atomic mass is 79.9. The summed E-state index contributed by atoms with van der Waals surface area (Å²) in [5, 5.41) is -0.393. The van der Waals surface area contributed by atoms with Gasteiger partial charge in [0.05, 0.1) is 18.4 Å².